The number of fused-ring (bicyclic) bond motifs is 1. The van der Waals surface area contributed by atoms with Gasteiger partial charge < -0.3 is 18.8 Å². The van der Waals surface area contributed by atoms with Gasteiger partial charge >= 0.3 is 7.12 Å². The fourth-order valence-electron chi connectivity index (χ4n) is 4.03. The van der Waals surface area contributed by atoms with E-state index in [0.717, 1.165) is 39.3 Å². The highest BCUT2D eigenvalue weighted by atomic mass is 32.1. The molecule has 4 rings (SSSR count). The molecule has 0 bridgehead atoms. The quantitative estimate of drug-likeness (QED) is 0.205. The summed E-state index contributed by atoms with van der Waals surface area (Å²) < 4.78 is 27.6. The first-order chi connectivity index (χ1) is 17.7. The number of hydrogen-bond acceptors (Lipinski definition) is 6. The lowest BCUT2D eigenvalue weighted by Crippen LogP contribution is -2.45. The molecule has 2 aromatic heterocycles. The van der Waals surface area contributed by atoms with Gasteiger partial charge in [-0.05, 0) is 65.5 Å². The standard InChI is InChI=1S/C24H37BO4S2.3C2H6/c1-6-24(16-27-17-24)15-26-12-10-8-7-9-11-18-13-19-20(30-18)14-21(31-19)25-28-22(2,3)23(4,5)29-25;3*1-2/h13-14H,6-12,15-17H2,1-5H3;3*1-2H3. The van der Waals surface area contributed by atoms with Crippen LogP contribution in [0.15, 0.2) is 12.1 Å². The zero-order valence-corrected chi connectivity index (χ0v) is 27.4. The summed E-state index contributed by atoms with van der Waals surface area (Å²) in [6, 6.07) is 4.64. The molecular formula is C30H55BO4S2. The molecule has 2 fully saturated rings. The molecule has 37 heavy (non-hydrogen) atoms. The van der Waals surface area contributed by atoms with E-state index in [9.17, 15) is 0 Å². The minimum Gasteiger partial charge on any atom is -0.399 e. The van der Waals surface area contributed by atoms with Gasteiger partial charge in [-0.3, -0.25) is 0 Å². The average Bonchev–Trinajstić information content (AvgIpc) is 3.50. The van der Waals surface area contributed by atoms with Crippen molar-refractivity contribution in [3.63, 3.8) is 0 Å². The third-order valence-corrected chi connectivity index (χ3v) is 9.57. The maximum Gasteiger partial charge on any atom is 0.505 e. The molecule has 0 aromatic carbocycles. The van der Waals surface area contributed by atoms with Gasteiger partial charge in [0.05, 0.1) is 31.0 Å². The van der Waals surface area contributed by atoms with Gasteiger partial charge in [0.25, 0.3) is 0 Å². The molecule has 2 aliphatic rings. The molecule has 0 radical (unpaired) electrons. The molecule has 0 spiro atoms. The molecule has 0 atom stereocenters. The van der Waals surface area contributed by atoms with Crippen LogP contribution in [0.4, 0.5) is 0 Å². The summed E-state index contributed by atoms with van der Waals surface area (Å²) in [6.07, 6.45) is 7.28. The third-order valence-electron chi connectivity index (χ3n) is 7.20. The van der Waals surface area contributed by atoms with Gasteiger partial charge in [0.1, 0.15) is 0 Å². The Bertz CT molecular complexity index is 817. The van der Waals surface area contributed by atoms with Crippen LogP contribution in [-0.2, 0) is 25.2 Å². The molecule has 0 saturated carbocycles. The van der Waals surface area contributed by atoms with Crippen LogP contribution in [0.25, 0.3) is 9.40 Å². The largest absolute Gasteiger partial charge is 0.505 e. The first kappa shape index (κ1) is 34.6. The van der Waals surface area contributed by atoms with Gasteiger partial charge in [-0.1, -0.05) is 61.3 Å². The molecular weight excluding hydrogens is 499 g/mol. The fourth-order valence-corrected chi connectivity index (χ4v) is 6.46. The number of aryl methyl sites for hydroxylation is 1. The maximum absolute atomic E-state index is 6.21. The molecule has 4 heterocycles. The normalized spacial score (nSPS) is 18.6. The lowest BCUT2D eigenvalue weighted by Gasteiger charge is -2.40. The Morgan fingerprint density at radius 1 is 0.811 bits per heavy atom. The van der Waals surface area contributed by atoms with Crippen molar-refractivity contribution in [2.75, 3.05) is 26.4 Å². The summed E-state index contributed by atoms with van der Waals surface area (Å²) in [7, 11) is -0.246. The van der Waals surface area contributed by atoms with Gasteiger partial charge in [-0.15, -0.1) is 22.7 Å². The Kier molecular flexibility index (Phi) is 15.5. The third kappa shape index (κ3) is 9.32. The minimum atomic E-state index is -0.283. The predicted octanol–water partition coefficient (Wildman–Crippen LogP) is 8.89. The highest BCUT2D eigenvalue weighted by Crippen LogP contribution is 2.38. The van der Waals surface area contributed by atoms with Gasteiger partial charge in [-0.25, -0.2) is 0 Å². The second-order valence-electron chi connectivity index (χ2n) is 10.2. The first-order valence-corrected chi connectivity index (χ1v) is 16.4. The number of thiophene rings is 2. The number of rotatable bonds is 11. The van der Waals surface area contributed by atoms with Crippen LogP contribution < -0.4 is 4.78 Å². The Hall–Kier alpha value is -0.435. The molecule has 2 aromatic rings. The van der Waals surface area contributed by atoms with Crippen molar-refractivity contribution in [2.24, 2.45) is 5.41 Å². The molecule has 7 heteroatoms. The lowest BCUT2D eigenvalue weighted by atomic mass is 9.84. The average molecular weight is 555 g/mol. The van der Waals surface area contributed by atoms with E-state index in [1.165, 1.54) is 44.7 Å². The van der Waals surface area contributed by atoms with Crippen LogP contribution in [0.1, 0.15) is 113 Å². The van der Waals surface area contributed by atoms with E-state index in [1.54, 1.807) is 0 Å². The number of unbranched alkanes of at least 4 members (excludes halogenated alkanes) is 3. The van der Waals surface area contributed by atoms with Crippen molar-refractivity contribution in [1.82, 2.24) is 0 Å². The second kappa shape index (κ2) is 16.6. The van der Waals surface area contributed by atoms with Crippen LogP contribution in [0, 0.1) is 5.41 Å². The second-order valence-corrected chi connectivity index (χ2v) is 12.5. The number of hydrogen-bond donors (Lipinski definition) is 0. The van der Waals surface area contributed by atoms with Gasteiger partial charge in [-0.2, -0.15) is 0 Å². The zero-order chi connectivity index (χ0) is 28.1. The molecule has 2 aliphatic heterocycles. The van der Waals surface area contributed by atoms with Crippen LogP contribution in [0.2, 0.25) is 0 Å². The highest BCUT2D eigenvalue weighted by molar-refractivity contribution is 7.33. The molecule has 214 valence electrons. The monoisotopic (exact) mass is 554 g/mol. The van der Waals surface area contributed by atoms with Crippen LogP contribution in [-0.4, -0.2) is 44.7 Å². The Morgan fingerprint density at radius 2 is 1.38 bits per heavy atom. The van der Waals surface area contributed by atoms with Crippen LogP contribution in [0.5, 0.6) is 0 Å². The van der Waals surface area contributed by atoms with E-state index < -0.39 is 0 Å². The lowest BCUT2D eigenvalue weighted by molar-refractivity contribution is -0.150. The molecule has 0 unspecified atom stereocenters. The summed E-state index contributed by atoms with van der Waals surface area (Å²) in [5.74, 6) is 0. The summed E-state index contributed by atoms with van der Waals surface area (Å²) >= 11 is 3.74. The van der Waals surface area contributed by atoms with E-state index >= 15 is 0 Å². The topological polar surface area (TPSA) is 36.9 Å². The minimum absolute atomic E-state index is 0.246. The smallest absolute Gasteiger partial charge is 0.399 e. The van der Waals surface area contributed by atoms with Gasteiger partial charge in [0.2, 0.25) is 0 Å². The molecule has 0 aliphatic carbocycles. The molecule has 2 saturated heterocycles. The first-order valence-electron chi connectivity index (χ1n) is 14.8. The Labute approximate surface area is 237 Å². The summed E-state index contributed by atoms with van der Waals surface area (Å²) in [5, 5.41) is 0. The van der Waals surface area contributed by atoms with Gasteiger partial charge in [0.15, 0.2) is 0 Å². The molecule has 4 nitrogen and oxygen atoms in total. The van der Waals surface area contributed by atoms with E-state index in [2.05, 4.69) is 46.8 Å². The van der Waals surface area contributed by atoms with E-state index in [-0.39, 0.29) is 18.3 Å². The van der Waals surface area contributed by atoms with Crippen molar-refractivity contribution in [3.05, 3.63) is 17.0 Å². The molecule has 0 amide bonds. The van der Waals surface area contributed by atoms with Crippen molar-refractivity contribution < 1.29 is 18.8 Å². The van der Waals surface area contributed by atoms with Crippen molar-refractivity contribution in [3.8, 4) is 0 Å². The van der Waals surface area contributed by atoms with Crippen LogP contribution in [0.3, 0.4) is 0 Å². The Balaban J connectivity index is 0.00000106. The van der Waals surface area contributed by atoms with Crippen LogP contribution >= 0.6 is 22.7 Å². The zero-order valence-electron chi connectivity index (χ0n) is 25.8. The Morgan fingerprint density at radius 3 is 1.89 bits per heavy atom. The fraction of sp³-hybridized carbons (Fsp3) is 0.800. The summed E-state index contributed by atoms with van der Waals surface area (Å²) in [4.78, 5) is 1.49. The van der Waals surface area contributed by atoms with E-state index in [0.29, 0.717) is 5.41 Å². The molecule has 0 N–H and O–H groups in total. The maximum atomic E-state index is 6.21. The summed E-state index contributed by atoms with van der Waals surface area (Å²) in [5.41, 5.74) is -0.253. The van der Waals surface area contributed by atoms with Crippen molar-refractivity contribution >= 4 is 44.0 Å². The SMILES string of the molecule is CC.CC.CC.CCC1(COCCCCCCc2cc3sc(B4OC(C)(C)C(C)(C)O4)cc3s2)COC1. The highest BCUT2D eigenvalue weighted by Gasteiger charge is 2.52. The van der Waals surface area contributed by atoms with Crippen molar-refractivity contribution in [2.45, 2.75) is 126 Å². The predicted molar refractivity (Wildman–Crippen MR) is 166 cm³/mol. The van der Waals surface area contributed by atoms with E-state index in [1.807, 2.05) is 64.2 Å². The van der Waals surface area contributed by atoms with Gasteiger partial charge in [0, 0.05) is 31.1 Å². The summed E-state index contributed by atoms with van der Waals surface area (Å²) in [6.45, 7) is 26.2. The van der Waals surface area contributed by atoms with E-state index in [4.69, 9.17) is 18.8 Å². The number of ether oxygens (including phenoxy) is 2. The van der Waals surface area contributed by atoms with Crippen molar-refractivity contribution in [1.29, 1.82) is 0 Å².